The summed E-state index contributed by atoms with van der Waals surface area (Å²) in [5.74, 6) is 0. The lowest BCUT2D eigenvalue weighted by Crippen LogP contribution is -2.22. The molecule has 0 atom stereocenters. The molecule has 0 heterocycles. The summed E-state index contributed by atoms with van der Waals surface area (Å²) in [6, 6.07) is -0.363. The lowest BCUT2D eigenvalue weighted by molar-refractivity contribution is -0.0580. The van der Waals surface area contributed by atoms with Crippen LogP contribution in [0.1, 0.15) is 13.8 Å². The summed E-state index contributed by atoms with van der Waals surface area (Å²) in [7, 11) is 1.53. The second-order valence-electron chi connectivity index (χ2n) is 2.73. The maximum absolute atomic E-state index is 12.2. The number of halogens is 3. The molecule has 0 saturated heterocycles. The number of aliphatic imine (C=N–C) groups is 1. The van der Waals surface area contributed by atoms with Crippen molar-refractivity contribution in [1.82, 2.24) is 5.32 Å². The predicted molar refractivity (Wildman–Crippen MR) is 46.8 cm³/mol. The van der Waals surface area contributed by atoms with E-state index in [-0.39, 0.29) is 6.04 Å². The molecule has 0 fully saturated rings. The van der Waals surface area contributed by atoms with Gasteiger partial charge in [-0.3, -0.25) is 4.99 Å². The van der Waals surface area contributed by atoms with Gasteiger partial charge < -0.3 is 5.32 Å². The molecule has 0 aliphatic carbocycles. The van der Waals surface area contributed by atoms with E-state index in [2.05, 4.69) is 10.3 Å². The van der Waals surface area contributed by atoms with Crippen LogP contribution in [0, 0.1) is 0 Å². The number of hydrogen-bond donors (Lipinski definition) is 1. The van der Waals surface area contributed by atoms with Crippen LogP contribution in [0.3, 0.4) is 0 Å². The van der Waals surface area contributed by atoms with Crippen LogP contribution in [0.4, 0.5) is 13.2 Å². The Labute approximate surface area is 75.5 Å². The molecule has 2 nitrogen and oxygen atoms in total. The molecule has 0 rings (SSSR count). The first-order chi connectivity index (χ1) is 5.88. The van der Waals surface area contributed by atoms with Gasteiger partial charge in [-0.2, -0.15) is 13.2 Å². The molecule has 1 N–H and O–H groups in total. The monoisotopic (exact) mass is 194 g/mol. The highest BCUT2D eigenvalue weighted by Gasteiger charge is 2.33. The number of rotatable bonds is 3. The highest BCUT2D eigenvalue weighted by Crippen LogP contribution is 2.18. The summed E-state index contributed by atoms with van der Waals surface area (Å²) in [4.78, 5) is 3.45. The maximum Gasteiger partial charge on any atom is 0.432 e. The van der Waals surface area contributed by atoms with Crippen molar-refractivity contribution in [3.63, 3.8) is 0 Å². The lowest BCUT2D eigenvalue weighted by Gasteiger charge is -2.07. The number of nitrogens with one attached hydrogen (secondary N) is 1. The van der Waals surface area contributed by atoms with Gasteiger partial charge in [-0.15, -0.1) is 0 Å². The first-order valence-corrected chi connectivity index (χ1v) is 3.86. The molecule has 5 heteroatoms. The molecule has 0 aromatic heterocycles. The molecule has 0 saturated carbocycles. The van der Waals surface area contributed by atoms with Crippen molar-refractivity contribution in [1.29, 1.82) is 0 Å². The van der Waals surface area contributed by atoms with E-state index in [0.29, 0.717) is 0 Å². The zero-order valence-corrected chi connectivity index (χ0v) is 7.81. The third-order valence-corrected chi connectivity index (χ3v) is 1.10. The van der Waals surface area contributed by atoms with Gasteiger partial charge >= 0.3 is 6.18 Å². The second kappa shape index (κ2) is 4.89. The van der Waals surface area contributed by atoms with Crippen molar-refractivity contribution in [3.05, 3.63) is 12.3 Å². The Balaban J connectivity index is 4.67. The molecule has 0 radical (unpaired) electrons. The van der Waals surface area contributed by atoms with Crippen molar-refractivity contribution in [3.8, 4) is 0 Å². The van der Waals surface area contributed by atoms with E-state index < -0.39 is 11.9 Å². The fourth-order valence-electron chi connectivity index (χ4n) is 0.651. The summed E-state index contributed by atoms with van der Waals surface area (Å²) >= 11 is 0. The third-order valence-electron chi connectivity index (χ3n) is 1.10. The topological polar surface area (TPSA) is 24.4 Å². The van der Waals surface area contributed by atoms with Gasteiger partial charge in [0.05, 0.1) is 0 Å². The van der Waals surface area contributed by atoms with Gasteiger partial charge in [0.1, 0.15) is 5.71 Å². The standard InChI is InChI=1S/C8H13F3N2/c1-6(2)13-7(4-5-12-3)8(9,10)11/h4-6,12H,1-3H3/b5-4-,13-7+. The number of allylic oxidation sites excluding steroid dienone is 1. The van der Waals surface area contributed by atoms with E-state index in [9.17, 15) is 13.2 Å². The van der Waals surface area contributed by atoms with Crippen LogP contribution in [0.2, 0.25) is 0 Å². The fourth-order valence-corrected chi connectivity index (χ4v) is 0.651. The van der Waals surface area contributed by atoms with E-state index in [1.54, 1.807) is 13.8 Å². The number of nitrogens with zero attached hydrogens (tertiary/aromatic N) is 1. The zero-order chi connectivity index (χ0) is 10.5. The van der Waals surface area contributed by atoms with Gasteiger partial charge in [-0.1, -0.05) is 0 Å². The first kappa shape index (κ1) is 12.0. The third kappa shape index (κ3) is 5.27. The van der Waals surface area contributed by atoms with E-state index in [0.717, 1.165) is 6.08 Å². The van der Waals surface area contributed by atoms with E-state index in [4.69, 9.17) is 0 Å². The van der Waals surface area contributed by atoms with Gasteiger partial charge in [0.25, 0.3) is 0 Å². The largest absolute Gasteiger partial charge is 0.432 e. The average Bonchev–Trinajstić information content (AvgIpc) is 1.95. The summed E-state index contributed by atoms with van der Waals surface area (Å²) < 4.78 is 36.6. The van der Waals surface area contributed by atoms with E-state index in [1.165, 1.54) is 13.2 Å². The molecule has 13 heavy (non-hydrogen) atoms. The molecule has 0 aromatic rings. The van der Waals surface area contributed by atoms with Crippen LogP contribution in [0.5, 0.6) is 0 Å². The molecular formula is C8H13F3N2. The molecule has 0 aliphatic heterocycles. The van der Waals surface area contributed by atoms with Crippen LogP contribution in [-0.4, -0.2) is 25.0 Å². The maximum atomic E-state index is 12.2. The van der Waals surface area contributed by atoms with E-state index >= 15 is 0 Å². The minimum absolute atomic E-state index is 0.363. The summed E-state index contributed by atoms with van der Waals surface area (Å²) in [5, 5.41) is 2.48. The lowest BCUT2D eigenvalue weighted by atomic mass is 10.3. The van der Waals surface area contributed by atoms with Gasteiger partial charge in [-0.25, -0.2) is 0 Å². The summed E-state index contributed by atoms with van der Waals surface area (Å²) in [6.07, 6.45) is -2.26. The van der Waals surface area contributed by atoms with E-state index in [1.807, 2.05) is 0 Å². The molecule has 0 aromatic carbocycles. The van der Waals surface area contributed by atoms with Crippen molar-refractivity contribution < 1.29 is 13.2 Å². The summed E-state index contributed by atoms with van der Waals surface area (Å²) in [5.41, 5.74) is -0.864. The number of alkyl halides is 3. The van der Waals surface area contributed by atoms with Crippen LogP contribution < -0.4 is 5.32 Å². The Hall–Kier alpha value is -1.00. The van der Waals surface area contributed by atoms with Gasteiger partial charge in [0, 0.05) is 13.1 Å². The average molecular weight is 194 g/mol. The van der Waals surface area contributed by atoms with Crippen molar-refractivity contribution in [2.24, 2.45) is 4.99 Å². The van der Waals surface area contributed by atoms with Gasteiger partial charge in [0.15, 0.2) is 0 Å². The fraction of sp³-hybridized carbons (Fsp3) is 0.625. The molecule has 0 unspecified atom stereocenters. The molecule has 76 valence electrons. The Bertz CT molecular complexity index is 204. The smallest absolute Gasteiger partial charge is 0.394 e. The summed E-state index contributed by atoms with van der Waals surface area (Å²) in [6.45, 7) is 3.19. The zero-order valence-electron chi connectivity index (χ0n) is 7.81. The van der Waals surface area contributed by atoms with Crippen LogP contribution >= 0.6 is 0 Å². The quantitative estimate of drug-likeness (QED) is 0.684. The van der Waals surface area contributed by atoms with Crippen molar-refractivity contribution in [2.45, 2.75) is 26.1 Å². The minimum atomic E-state index is -4.38. The normalized spacial score (nSPS) is 14.2. The minimum Gasteiger partial charge on any atom is -0.394 e. The molecule has 0 amide bonds. The Morgan fingerprint density at radius 3 is 2.23 bits per heavy atom. The Kier molecular flexibility index (Phi) is 4.51. The molecule has 0 bridgehead atoms. The molecular weight excluding hydrogens is 181 g/mol. The second-order valence-corrected chi connectivity index (χ2v) is 2.73. The Morgan fingerprint density at radius 2 is 1.92 bits per heavy atom. The van der Waals surface area contributed by atoms with Crippen LogP contribution in [0.15, 0.2) is 17.3 Å². The van der Waals surface area contributed by atoms with Crippen LogP contribution in [0.25, 0.3) is 0 Å². The Morgan fingerprint density at radius 1 is 1.38 bits per heavy atom. The molecule has 0 aliphatic rings. The van der Waals surface area contributed by atoms with Gasteiger partial charge in [0.2, 0.25) is 0 Å². The highest BCUT2D eigenvalue weighted by atomic mass is 19.4. The predicted octanol–water partition coefficient (Wildman–Crippen LogP) is 2.13. The van der Waals surface area contributed by atoms with Crippen molar-refractivity contribution >= 4 is 5.71 Å². The van der Waals surface area contributed by atoms with Crippen molar-refractivity contribution in [2.75, 3.05) is 7.05 Å². The highest BCUT2D eigenvalue weighted by molar-refractivity contribution is 5.99. The number of hydrogen-bond acceptors (Lipinski definition) is 2. The first-order valence-electron chi connectivity index (χ1n) is 3.86. The van der Waals surface area contributed by atoms with Crippen LogP contribution in [-0.2, 0) is 0 Å². The van der Waals surface area contributed by atoms with Gasteiger partial charge in [-0.05, 0) is 26.1 Å². The SMILES string of the molecule is CN/C=C\C(=N/C(C)C)C(F)(F)F. The molecule has 0 spiro atoms.